The summed E-state index contributed by atoms with van der Waals surface area (Å²) in [4.78, 5) is 58.3. The van der Waals surface area contributed by atoms with Crippen LogP contribution in [-0.4, -0.2) is 95.9 Å². The maximum absolute atomic E-state index is 12.9. The highest BCUT2D eigenvalue weighted by Gasteiger charge is 2.29. The van der Waals surface area contributed by atoms with Crippen molar-refractivity contribution in [3.63, 3.8) is 0 Å². The van der Waals surface area contributed by atoms with Gasteiger partial charge >= 0.3 is 33.6 Å². The molecule has 5 unspecified atom stereocenters. The summed E-state index contributed by atoms with van der Waals surface area (Å²) in [6.45, 7) is 2.32. The minimum Gasteiger partial charge on any atom is -0.463 e. The Labute approximate surface area is 588 Å². The summed E-state index contributed by atoms with van der Waals surface area (Å²) in [5.74, 6) is -1.66. The highest BCUT2D eigenvalue weighted by atomic mass is 31.2. The van der Waals surface area contributed by atoms with E-state index >= 15 is 0 Å². The summed E-state index contributed by atoms with van der Waals surface area (Å²) < 4.78 is 60.8. The molecule has 0 fully saturated rings. The number of phosphoric acid groups is 2. The maximum Gasteiger partial charge on any atom is 0.472 e. The summed E-state index contributed by atoms with van der Waals surface area (Å²) in [5.41, 5.74) is 0. The zero-order chi connectivity index (χ0) is 70.9. The van der Waals surface area contributed by atoms with Gasteiger partial charge < -0.3 is 34.2 Å². The lowest BCUT2D eigenvalue weighted by molar-refractivity contribution is -0.161. The van der Waals surface area contributed by atoms with Gasteiger partial charge in [-0.25, -0.2) is 9.13 Å². The molecule has 0 aliphatic carbocycles. The van der Waals surface area contributed by atoms with E-state index in [9.17, 15) is 43.5 Å². The van der Waals surface area contributed by atoms with Gasteiger partial charge in [-0.3, -0.25) is 32.5 Å². The van der Waals surface area contributed by atoms with Crippen LogP contribution in [0.25, 0.3) is 0 Å². The number of allylic oxidation sites excluding steroid dienone is 22. The Kier molecular flexibility index (Phi) is 68.3. The lowest BCUT2D eigenvalue weighted by Crippen LogP contribution is -2.30. The number of rotatable bonds is 70. The summed E-state index contributed by atoms with van der Waals surface area (Å²) >= 11 is 0. The fourth-order valence-electron chi connectivity index (χ4n) is 9.67. The predicted molar refractivity (Wildman–Crippen MR) is 399 cm³/mol. The van der Waals surface area contributed by atoms with Crippen molar-refractivity contribution in [2.75, 3.05) is 39.6 Å². The molecular weight excluding hydrogens is 1270 g/mol. The van der Waals surface area contributed by atoms with Crippen molar-refractivity contribution in [2.45, 2.75) is 309 Å². The Morgan fingerprint density at radius 3 is 0.918 bits per heavy atom. The Bertz CT molecular complexity index is 2300. The first kappa shape index (κ1) is 92.7. The Balaban J connectivity index is 4.38. The van der Waals surface area contributed by atoms with E-state index in [0.29, 0.717) is 25.7 Å². The molecule has 0 heterocycles. The molecule has 97 heavy (non-hydrogen) atoms. The number of hydrogen-bond acceptors (Lipinski definition) is 14. The number of carbonyl (C=O) groups is 3. The van der Waals surface area contributed by atoms with Crippen molar-refractivity contribution in [2.24, 2.45) is 0 Å². The van der Waals surface area contributed by atoms with Gasteiger partial charge in [0.15, 0.2) is 6.10 Å². The molecule has 0 bridgehead atoms. The van der Waals surface area contributed by atoms with Gasteiger partial charge in [0.25, 0.3) is 0 Å². The first-order chi connectivity index (χ1) is 47.2. The number of aliphatic hydroxyl groups excluding tert-OH is 2. The molecule has 0 saturated heterocycles. The van der Waals surface area contributed by atoms with Crippen molar-refractivity contribution >= 4 is 33.6 Å². The summed E-state index contributed by atoms with van der Waals surface area (Å²) in [7, 11) is -9.79. The minimum atomic E-state index is -4.94. The van der Waals surface area contributed by atoms with Gasteiger partial charge in [0.05, 0.1) is 26.4 Å². The van der Waals surface area contributed by atoms with Crippen LogP contribution in [-0.2, 0) is 55.8 Å². The second kappa shape index (κ2) is 71.5. The van der Waals surface area contributed by atoms with Crippen molar-refractivity contribution in [1.82, 2.24) is 0 Å². The Morgan fingerprint density at radius 1 is 0.299 bits per heavy atom. The number of ether oxygens (including phenoxy) is 3. The normalized spacial score (nSPS) is 14.8. The number of aliphatic hydroxyl groups is 2. The van der Waals surface area contributed by atoms with E-state index in [4.69, 9.17) is 32.3 Å². The van der Waals surface area contributed by atoms with E-state index in [2.05, 4.69) is 142 Å². The van der Waals surface area contributed by atoms with Gasteiger partial charge in [0.2, 0.25) is 0 Å². The van der Waals surface area contributed by atoms with E-state index < -0.39 is 91.5 Å². The number of esters is 3. The van der Waals surface area contributed by atoms with Crippen molar-refractivity contribution in [1.29, 1.82) is 0 Å². The van der Waals surface area contributed by atoms with Crippen LogP contribution in [0.5, 0.6) is 0 Å². The second-order valence-electron chi connectivity index (χ2n) is 24.7. The quantitative estimate of drug-likeness (QED) is 0.0146. The number of unbranched alkanes of at least 4 members (excludes halogenated alkanes) is 25. The van der Waals surface area contributed by atoms with Gasteiger partial charge in [-0.05, 0) is 122 Å². The lowest BCUT2D eigenvalue weighted by Gasteiger charge is -2.21. The highest BCUT2D eigenvalue weighted by molar-refractivity contribution is 7.47. The monoisotopic (exact) mass is 1400 g/mol. The van der Waals surface area contributed by atoms with E-state index in [-0.39, 0.29) is 19.3 Å². The van der Waals surface area contributed by atoms with Crippen LogP contribution in [0.4, 0.5) is 0 Å². The summed E-state index contributed by atoms with van der Waals surface area (Å²) in [6.07, 6.45) is 85.5. The molecule has 0 aromatic carbocycles. The van der Waals surface area contributed by atoms with Crippen LogP contribution in [0.3, 0.4) is 0 Å². The first-order valence-corrected chi connectivity index (χ1v) is 40.5. The standard InChI is InChI=1S/C79H134O16P2/c1-4-7-10-13-16-19-22-24-26-28-29-30-31-32-33-34-35-36-37-38-39-40-41-42-43-45-47-48-51-53-56-59-62-65-77(82)89-68-74(80)69-91-96(85,86)92-70-75(81)71-93-97(87,88)94-73-76(95-79(84)67-64-61-58-55-50-21-18-15-12-9-6-3)72-90-78(83)66-63-60-57-54-52-49-46-44-27-25-23-20-17-14-11-8-5-2/h7-8,10-11,15-20,24-27,29-30,32-33,46,49,54,57,74-76,80-81H,4-6,9,12-14,21-23,28,31,34-45,47-48,50-53,55-56,58-73H2,1-3H3,(H,85,86)(H,87,88)/b10-7-,11-8-,18-15-,19-16-,20-17-,26-24-,27-25-,30-29-,33-32-,49-46-,57-54-. The fraction of sp³-hybridized carbons (Fsp3) is 0.684. The largest absolute Gasteiger partial charge is 0.472 e. The molecule has 0 radical (unpaired) electrons. The number of phosphoric ester groups is 2. The SMILES string of the molecule is CC/C=C\C/C=C\C/C=C\C/C=C\C/C=C\CCCCCCCCCCCCCCCCCCCC(=O)OCC(O)COP(=O)(O)OCC(O)COP(=O)(O)OCC(COC(=O)CCC/C=C\C/C=C\C/C=C\C/C=C\C/C=C\CC)OC(=O)CCCCCCC/C=C\CCCC. The van der Waals surface area contributed by atoms with Gasteiger partial charge in [0, 0.05) is 19.3 Å². The van der Waals surface area contributed by atoms with Gasteiger partial charge in [-0.15, -0.1) is 0 Å². The van der Waals surface area contributed by atoms with Crippen LogP contribution < -0.4 is 0 Å². The lowest BCUT2D eigenvalue weighted by atomic mass is 10.0. The molecule has 18 heteroatoms. The third-order valence-electron chi connectivity index (χ3n) is 15.3. The number of carbonyl (C=O) groups excluding carboxylic acids is 3. The van der Waals surface area contributed by atoms with Crippen molar-refractivity contribution in [3.05, 3.63) is 134 Å². The van der Waals surface area contributed by atoms with E-state index in [1.54, 1.807) is 0 Å². The van der Waals surface area contributed by atoms with Gasteiger partial charge in [-0.2, -0.15) is 0 Å². The molecule has 0 saturated carbocycles. The molecule has 0 aromatic heterocycles. The molecule has 556 valence electrons. The van der Waals surface area contributed by atoms with E-state index in [1.807, 2.05) is 12.2 Å². The molecule has 0 aliphatic rings. The van der Waals surface area contributed by atoms with Gasteiger partial charge in [0.1, 0.15) is 25.4 Å². The zero-order valence-electron chi connectivity index (χ0n) is 60.5. The first-order valence-electron chi connectivity index (χ1n) is 37.5. The minimum absolute atomic E-state index is 0.0796. The molecule has 0 amide bonds. The van der Waals surface area contributed by atoms with Crippen molar-refractivity contribution in [3.8, 4) is 0 Å². The maximum atomic E-state index is 12.9. The predicted octanol–water partition coefficient (Wildman–Crippen LogP) is 21.5. The fourth-order valence-corrected chi connectivity index (χ4v) is 11.3. The summed E-state index contributed by atoms with van der Waals surface area (Å²) in [6, 6.07) is 0. The van der Waals surface area contributed by atoms with Crippen molar-refractivity contribution < 1.29 is 75.8 Å². The van der Waals surface area contributed by atoms with Crippen LogP contribution in [0.2, 0.25) is 0 Å². The summed E-state index contributed by atoms with van der Waals surface area (Å²) in [5, 5.41) is 20.6. The average molecular weight is 1400 g/mol. The van der Waals surface area contributed by atoms with Crippen LogP contribution in [0, 0.1) is 0 Å². The molecule has 0 aliphatic heterocycles. The Morgan fingerprint density at radius 2 is 0.557 bits per heavy atom. The average Bonchev–Trinajstić information content (AvgIpc) is 1.59. The zero-order valence-corrected chi connectivity index (χ0v) is 62.2. The number of hydrogen-bond donors (Lipinski definition) is 4. The van der Waals surface area contributed by atoms with Crippen LogP contribution >= 0.6 is 15.6 Å². The molecule has 4 N–H and O–H groups in total. The third kappa shape index (κ3) is 72.8. The molecule has 5 atom stereocenters. The van der Waals surface area contributed by atoms with Crippen LogP contribution in [0.1, 0.15) is 290 Å². The smallest absolute Gasteiger partial charge is 0.463 e. The Hall–Kier alpha value is -4.31. The van der Waals surface area contributed by atoms with Gasteiger partial charge in [-0.1, -0.05) is 283 Å². The third-order valence-corrected chi connectivity index (χ3v) is 17.2. The van der Waals surface area contributed by atoms with E-state index in [1.165, 1.54) is 103 Å². The molecule has 0 spiro atoms. The van der Waals surface area contributed by atoms with Crippen LogP contribution in [0.15, 0.2) is 134 Å². The van der Waals surface area contributed by atoms with E-state index in [0.717, 1.165) is 122 Å². The molecule has 0 rings (SSSR count). The highest BCUT2D eigenvalue weighted by Crippen LogP contribution is 2.45. The molecule has 16 nitrogen and oxygen atoms in total. The molecular formula is C79H134O16P2. The topological polar surface area (TPSA) is 231 Å². The molecule has 0 aromatic rings. The second-order valence-corrected chi connectivity index (χ2v) is 27.6.